The van der Waals surface area contributed by atoms with E-state index in [-0.39, 0.29) is 5.54 Å². The summed E-state index contributed by atoms with van der Waals surface area (Å²) < 4.78 is 0. The van der Waals surface area contributed by atoms with Gasteiger partial charge in [0.05, 0.1) is 0 Å². The molecule has 0 bridgehead atoms. The van der Waals surface area contributed by atoms with Crippen LogP contribution in [0.1, 0.15) is 34.1 Å². The van der Waals surface area contributed by atoms with Crippen LogP contribution in [0.2, 0.25) is 0 Å². The Morgan fingerprint density at radius 1 is 1.64 bits per heavy atom. The fraction of sp³-hybridized carbons (Fsp3) is 0.833. The lowest BCUT2D eigenvalue weighted by Crippen LogP contribution is -2.62. The van der Waals surface area contributed by atoms with Gasteiger partial charge < -0.3 is 5.32 Å². The second kappa shape index (κ2) is 4.45. The number of piperazine rings is 1. The lowest BCUT2D eigenvalue weighted by molar-refractivity contribution is 0.0703. The molecule has 2 heteroatoms. The molecule has 2 atom stereocenters. The van der Waals surface area contributed by atoms with Crippen molar-refractivity contribution in [2.45, 2.75) is 51.7 Å². The maximum absolute atomic E-state index is 3.81. The highest BCUT2D eigenvalue weighted by molar-refractivity contribution is 4.93. The molecule has 0 saturated carbocycles. The number of hydrogen-bond donors (Lipinski definition) is 1. The minimum absolute atomic E-state index is 0.252. The van der Waals surface area contributed by atoms with Crippen LogP contribution < -0.4 is 5.32 Å². The first-order valence-corrected chi connectivity index (χ1v) is 5.58. The van der Waals surface area contributed by atoms with Crippen LogP contribution in [0.4, 0.5) is 0 Å². The summed E-state index contributed by atoms with van der Waals surface area (Å²) in [7, 11) is 0. The zero-order valence-corrected chi connectivity index (χ0v) is 10.0. The number of nitrogens with one attached hydrogen (secondary N) is 1. The second-order valence-corrected chi connectivity index (χ2v) is 5.16. The van der Waals surface area contributed by atoms with E-state index in [0.717, 1.165) is 19.5 Å². The summed E-state index contributed by atoms with van der Waals surface area (Å²) in [6, 6.07) is 1.25. The molecule has 0 amide bonds. The minimum Gasteiger partial charge on any atom is -0.309 e. The van der Waals surface area contributed by atoms with Gasteiger partial charge in [-0.3, -0.25) is 4.90 Å². The molecule has 2 unspecified atom stereocenters. The molecule has 1 aliphatic heterocycles. The van der Waals surface area contributed by atoms with Gasteiger partial charge in [0.2, 0.25) is 0 Å². The molecule has 1 saturated heterocycles. The van der Waals surface area contributed by atoms with Crippen LogP contribution in [0.5, 0.6) is 0 Å². The lowest BCUT2D eigenvalue weighted by Gasteiger charge is -2.46. The summed E-state index contributed by atoms with van der Waals surface area (Å²) in [5.74, 6) is 0. The average molecular weight is 196 g/mol. The molecule has 82 valence electrons. The number of rotatable bonds is 3. The van der Waals surface area contributed by atoms with Crippen molar-refractivity contribution in [2.24, 2.45) is 0 Å². The Balaban J connectivity index is 2.60. The molecule has 0 radical (unpaired) electrons. The van der Waals surface area contributed by atoms with Crippen LogP contribution in [-0.2, 0) is 0 Å². The molecule has 0 aromatic heterocycles. The second-order valence-electron chi connectivity index (χ2n) is 5.16. The van der Waals surface area contributed by atoms with E-state index in [1.165, 1.54) is 0 Å². The normalized spacial score (nSPS) is 29.9. The highest BCUT2D eigenvalue weighted by atomic mass is 15.3. The molecular weight excluding hydrogens is 172 g/mol. The van der Waals surface area contributed by atoms with Gasteiger partial charge in [0.15, 0.2) is 0 Å². The van der Waals surface area contributed by atoms with E-state index < -0.39 is 0 Å². The van der Waals surface area contributed by atoms with Crippen molar-refractivity contribution in [1.82, 2.24) is 10.2 Å². The van der Waals surface area contributed by atoms with Crippen LogP contribution in [-0.4, -0.2) is 35.6 Å². The Labute approximate surface area is 88.4 Å². The summed E-state index contributed by atoms with van der Waals surface area (Å²) in [6.07, 6.45) is 3.10. The van der Waals surface area contributed by atoms with Crippen LogP contribution in [0.25, 0.3) is 0 Å². The molecule has 1 aliphatic rings. The largest absolute Gasteiger partial charge is 0.309 e. The Kier molecular flexibility index (Phi) is 3.73. The van der Waals surface area contributed by atoms with Crippen LogP contribution in [0.3, 0.4) is 0 Å². The summed E-state index contributed by atoms with van der Waals surface area (Å²) >= 11 is 0. The van der Waals surface area contributed by atoms with E-state index in [1.807, 2.05) is 6.08 Å². The third kappa shape index (κ3) is 2.82. The van der Waals surface area contributed by atoms with Crippen molar-refractivity contribution in [1.29, 1.82) is 0 Å². The molecule has 1 heterocycles. The molecule has 1 N–H and O–H groups in total. The maximum Gasteiger partial charge on any atom is 0.0253 e. The van der Waals surface area contributed by atoms with Crippen LogP contribution in [0, 0.1) is 0 Å². The molecule has 0 aliphatic carbocycles. The first-order chi connectivity index (χ1) is 6.46. The van der Waals surface area contributed by atoms with Crippen LogP contribution in [0.15, 0.2) is 12.7 Å². The fourth-order valence-corrected chi connectivity index (χ4v) is 2.18. The van der Waals surface area contributed by atoms with Gasteiger partial charge in [0, 0.05) is 30.7 Å². The predicted octanol–water partition coefficient (Wildman–Crippen LogP) is 2.02. The molecule has 0 aromatic carbocycles. The van der Waals surface area contributed by atoms with Gasteiger partial charge >= 0.3 is 0 Å². The van der Waals surface area contributed by atoms with E-state index in [2.05, 4.69) is 44.5 Å². The quantitative estimate of drug-likeness (QED) is 0.695. The number of hydrogen-bond acceptors (Lipinski definition) is 2. The molecule has 1 rings (SSSR count). The molecule has 0 spiro atoms. The van der Waals surface area contributed by atoms with Gasteiger partial charge in [-0.2, -0.15) is 0 Å². The van der Waals surface area contributed by atoms with E-state index in [4.69, 9.17) is 0 Å². The zero-order chi connectivity index (χ0) is 10.8. The Morgan fingerprint density at radius 2 is 2.29 bits per heavy atom. The molecule has 14 heavy (non-hydrogen) atoms. The third-order valence-corrected chi connectivity index (χ3v) is 3.09. The van der Waals surface area contributed by atoms with E-state index in [1.54, 1.807) is 0 Å². The SMILES string of the molecule is C=CCC(C)N1CC(C)(C)NCC1C. The van der Waals surface area contributed by atoms with E-state index >= 15 is 0 Å². The van der Waals surface area contributed by atoms with Gasteiger partial charge in [-0.15, -0.1) is 6.58 Å². The lowest BCUT2D eigenvalue weighted by atomic mass is 9.97. The predicted molar refractivity (Wildman–Crippen MR) is 62.5 cm³/mol. The van der Waals surface area contributed by atoms with Gasteiger partial charge in [-0.25, -0.2) is 0 Å². The van der Waals surface area contributed by atoms with Gasteiger partial charge in [0.1, 0.15) is 0 Å². The van der Waals surface area contributed by atoms with Gasteiger partial charge in [-0.05, 0) is 34.1 Å². The summed E-state index contributed by atoms with van der Waals surface area (Å²) in [6.45, 7) is 15.2. The monoisotopic (exact) mass is 196 g/mol. The van der Waals surface area contributed by atoms with Crippen molar-refractivity contribution < 1.29 is 0 Å². The van der Waals surface area contributed by atoms with Crippen LogP contribution >= 0.6 is 0 Å². The third-order valence-electron chi connectivity index (χ3n) is 3.09. The fourth-order valence-electron chi connectivity index (χ4n) is 2.18. The molecular formula is C12H24N2. The van der Waals surface area contributed by atoms with Crippen molar-refractivity contribution in [3.05, 3.63) is 12.7 Å². The summed E-state index contributed by atoms with van der Waals surface area (Å²) in [5.41, 5.74) is 0.252. The first kappa shape index (κ1) is 11.7. The number of nitrogens with zero attached hydrogens (tertiary/aromatic N) is 1. The summed E-state index contributed by atoms with van der Waals surface area (Å²) in [5, 5.41) is 3.57. The van der Waals surface area contributed by atoms with Crippen molar-refractivity contribution >= 4 is 0 Å². The average Bonchev–Trinajstić information content (AvgIpc) is 2.10. The smallest absolute Gasteiger partial charge is 0.0253 e. The van der Waals surface area contributed by atoms with E-state index in [9.17, 15) is 0 Å². The van der Waals surface area contributed by atoms with Gasteiger partial charge in [0.25, 0.3) is 0 Å². The van der Waals surface area contributed by atoms with Gasteiger partial charge in [-0.1, -0.05) is 6.08 Å². The summed E-state index contributed by atoms with van der Waals surface area (Å²) in [4.78, 5) is 2.58. The Hall–Kier alpha value is -0.340. The van der Waals surface area contributed by atoms with Crippen molar-refractivity contribution in [3.8, 4) is 0 Å². The molecule has 2 nitrogen and oxygen atoms in total. The topological polar surface area (TPSA) is 15.3 Å². The minimum atomic E-state index is 0.252. The van der Waals surface area contributed by atoms with Crippen molar-refractivity contribution in [2.75, 3.05) is 13.1 Å². The Bertz CT molecular complexity index is 198. The zero-order valence-electron chi connectivity index (χ0n) is 10.0. The maximum atomic E-state index is 3.81. The highest BCUT2D eigenvalue weighted by Gasteiger charge is 2.32. The van der Waals surface area contributed by atoms with Crippen molar-refractivity contribution in [3.63, 3.8) is 0 Å². The van der Waals surface area contributed by atoms with E-state index in [0.29, 0.717) is 12.1 Å². The highest BCUT2D eigenvalue weighted by Crippen LogP contribution is 2.19. The standard InChI is InChI=1S/C12H24N2/c1-6-7-10(2)14-9-12(4,5)13-8-11(14)3/h6,10-11,13H,1,7-9H2,2-5H3. The Morgan fingerprint density at radius 3 is 2.86 bits per heavy atom. The molecule has 1 fully saturated rings. The first-order valence-electron chi connectivity index (χ1n) is 5.58. The molecule has 0 aromatic rings.